The predicted octanol–water partition coefficient (Wildman–Crippen LogP) is 1.36. The summed E-state index contributed by atoms with van der Waals surface area (Å²) in [5.74, 6) is 0. The number of carbonyl (C=O) groups is 1. The summed E-state index contributed by atoms with van der Waals surface area (Å²) in [7, 11) is 0. The third kappa shape index (κ3) is 3.36. The lowest BCUT2D eigenvalue weighted by atomic mass is 10.1. The van der Waals surface area contributed by atoms with Crippen LogP contribution in [0.2, 0.25) is 0 Å². The van der Waals surface area contributed by atoms with Gasteiger partial charge in [-0.05, 0) is 31.4 Å². The van der Waals surface area contributed by atoms with Crippen LogP contribution >= 0.6 is 0 Å². The number of nitrogens with one attached hydrogen (secondary N) is 1. The SMILES string of the molecule is O=C(NCc1cn(-c2ccncc2)nn1)N1CCCCC1. The largest absolute Gasteiger partial charge is 0.332 e. The molecule has 0 radical (unpaired) electrons. The van der Waals surface area contributed by atoms with E-state index in [1.165, 1.54) is 6.42 Å². The summed E-state index contributed by atoms with van der Waals surface area (Å²) in [4.78, 5) is 17.8. The van der Waals surface area contributed by atoms with Crippen LogP contribution in [0.5, 0.6) is 0 Å². The smallest absolute Gasteiger partial charge is 0.317 e. The summed E-state index contributed by atoms with van der Waals surface area (Å²) in [6.45, 7) is 2.07. The molecule has 1 aliphatic heterocycles. The van der Waals surface area contributed by atoms with E-state index in [0.29, 0.717) is 6.54 Å². The van der Waals surface area contributed by atoms with Crippen LogP contribution in [0.1, 0.15) is 25.0 Å². The summed E-state index contributed by atoms with van der Waals surface area (Å²) in [6.07, 6.45) is 8.61. The highest BCUT2D eigenvalue weighted by Gasteiger charge is 2.16. The van der Waals surface area contributed by atoms with Gasteiger partial charge in [-0.2, -0.15) is 0 Å². The number of urea groups is 1. The van der Waals surface area contributed by atoms with E-state index >= 15 is 0 Å². The van der Waals surface area contributed by atoms with E-state index in [0.717, 1.165) is 37.3 Å². The van der Waals surface area contributed by atoms with Crippen LogP contribution < -0.4 is 5.32 Å². The van der Waals surface area contributed by atoms with E-state index in [9.17, 15) is 4.79 Å². The van der Waals surface area contributed by atoms with Crippen molar-refractivity contribution in [3.63, 3.8) is 0 Å². The van der Waals surface area contributed by atoms with Crippen LogP contribution in [-0.4, -0.2) is 44.0 Å². The highest BCUT2D eigenvalue weighted by Crippen LogP contribution is 2.09. The molecule has 1 fully saturated rings. The molecule has 0 spiro atoms. The van der Waals surface area contributed by atoms with Gasteiger partial charge in [0.15, 0.2) is 0 Å². The number of amides is 2. The minimum Gasteiger partial charge on any atom is -0.332 e. The molecule has 0 unspecified atom stereocenters. The minimum atomic E-state index is -0.0202. The van der Waals surface area contributed by atoms with Crippen molar-refractivity contribution >= 4 is 6.03 Å². The van der Waals surface area contributed by atoms with Gasteiger partial charge in [0.2, 0.25) is 0 Å². The van der Waals surface area contributed by atoms with Crippen molar-refractivity contribution < 1.29 is 4.79 Å². The second-order valence-corrected chi connectivity index (χ2v) is 5.07. The van der Waals surface area contributed by atoms with Crippen molar-refractivity contribution in [1.82, 2.24) is 30.2 Å². The van der Waals surface area contributed by atoms with Gasteiger partial charge >= 0.3 is 6.03 Å². The van der Waals surface area contributed by atoms with Crippen LogP contribution in [0.3, 0.4) is 0 Å². The van der Waals surface area contributed by atoms with Gasteiger partial charge in [-0.3, -0.25) is 4.98 Å². The van der Waals surface area contributed by atoms with Crippen molar-refractivity contribution in [1.29, 1.82) is 0 Å². The van der Waals surface area contributed by atoms with Crippen LogP contribution in [-0.2, 0) is 6.54 Å². The highest BCUT2D eigenvalue weighted by atomic mass is 16.2. The average Bonchev–Trinajstić information content (AvgIpc) is 3.03. The molecule has 0 bridgehead atoms. The second-order valence-electron chi connectivity index (χ2n) is 5.07. The van der Waals surface area contributed by atoms with Gasteiger partial charge in [0.1, 0.15) is 5.69 Å². The summed E-state index contributed by atoms with van der Waals surface area (Å²) in [5.41, 5.74) is 1.63. The van der Waals surface area contributed by atoms with Gasteiger partial charge in [0, 0.05) is 25.5 Å². The van der Waals surface area contributed by atoms with Crippen molar-refractivity contribution in [3.8, 4) is 5.69 Å². The van der Waals surface area contributed by atoms with Crippen LogP contribution in [0.25, 0.3) is 5.69 Å². The molecule has 7 nitrogen and oxygen atoms in total. The number of hydrogen-bond donors (Lipinski definition) is 1. The van der Waals surface area contributed by atoms with E-state index in [2.05, 4.69) is 20.6 Å². The van der Waals surface area contributed by atoms with E-state index in [1.54, 1.807) is 17.1 Å². The van der Waals surface area contributed by atoms with Crippen LogP contribution in [0, 0.1) is 0 Å². The molecule has 0 aromatic carbocycles. The maximum absolute atomic E-state index is 12.0. The van der Waals surface area contributed by atoms with Crippen LogP contribution in [0.15, 0.2) is 30.7 Å². The van der Waals surface area contributed by atoms with Gasteiger partial charge in [-0.1, -0.05) is 5.21 Å². The van der Waals surface area contributed by atoms with Crippen molar-refractivity contribution in [2.24, 2.45) is 0 Å². The molecular formula is C14H18N6O. The number of rotatable bonds is 3. The zero-order valence-electron chi connectivity index (χ0n) is 11.8. The molecule has 110 valence electrons. The number of pyridine rings is 1. The van der Waals surface area contributed by atoms with Crippen molar-refractivity contribution in [2.45, 2.75) is 25.8 Å². The number of hydrogen-bond acceptors (Lipinski definition) is 4. The number of carbonyl (C=O) groups excluding carboxylic acids is 1. The topological polar surface area (TPSA) is 75.9 Å². The van der Waals surface area contributed by atoms with Gasteiger partial charge in [-0.25, -0.2) is 9.48 Å². The maximum atomic E-state index is 12.0. The molecule has 1 saturated heterocycles. The molecule has 21 heavy (non-hydrogen) atoms. The van der Waals surface area contributed by atoms with E-state index in [-0.39, 0.29) is 6.03 Å². The Morgan fingerprint density at radius 3 is 2.71 bits per heavy atom. The maximum Gasteiger partial charge on any atom is 0.317 e. The molecule has 2 aromatic rings. The predicted molar refractivity (Wildman–Crippen MR) is 76.8 cm³/mol. The molecule has 0 aliphatic carbocycles. The number of piperidine rings is 1. The Morgan fingerprint density at radius 2 is 1.95 bits per heavy atom. The lowest BCUT2D eigenvalue weighted by Gasteiger charge is -2.26. The molecular weight excluding hydrogens is 268 g/mol. The summed E-state index contributed by atoms with van der Waals surface area (Å²) < 4.78 is 1.67. The molecule has 0 saturated carbocycles. The quantitative estimate of drug-likeness (QED) is 0.924. The third-order valence-electron chi connectivity index (χ3n) is 3.53. The molecule has 2 amide bonds. The highest BCUT2D eigenvalue weighted by molar-refractivity contribution is 5.74. The summed E-state index contributed by atoms with van der Waals surface area (Å²) in [6, 6.07) is 3.68. The standard InChI is InChI=1S/C14H18N6O/c21-14(19-8-2-1-3-9-19)16-10-12-11-20(18-17-12)13-4-6-15-7-5-13/h4-7,11H,1-3,8-10H2,(H,16,21). The normalized spacial score (nSPS) is 15.0. The Hall–Kier alpha value is -2.44. The first-order valence-electron chi connectivity index (χ1n) is 7.17. The zero-order valence-corrected chi connectivity index (χ0v) is 11.8. The van der Waals surface area contributed by atoms with Gasteiger partial charge in [0.05, 0.1) is 18.4 Å². The van der Waals surface area contributed by atoms with Gasteiger partial charge in [-0.15, -0.1) is 5.10 Å². The van der Waals surface area contributed by atoms with Gasteiger partial charge in [0.25, 0.3) is 0 Å². The third-order valence-corrected chi connectivity index (χ3v) is 3.53. The van der Waals surface area contributed by atoms with E-state index in [4.69, 9.17) is 0 Å². The monoisotopic (exact) mass is 286 g/mol. The molecule has 7 heteroatoms. The first kappa shape index (κ1) is 13.5. The molecule has 3 heterocycles. The fourth-order valence-electron chi connectivity index (χ4n) is 2.38. The first-order chi connectivity index (χ1) is 10.3. The molecule has 2 aromatic heterocycles. The fraction of sp³-hybridized carbons (Fsp3) is 0.429. The molecule has 1 N–H and O–H groups in total. The minimum absolute atomic E-state index is 0.0202. The Kier molecular flexibility index (Phi) is 4.09. The Labute approximate surface area is 123 Å². The fourth-order valence-corrected chi connectivity index (χ4v) is 2.38. The number of likely N-dealkylation sites (tertiary alicyclic amines) is 1. The lowest BCUT2D eigenvalue weighted by Crippen LogP contribution is -2.42. The van der Waals surface area contributed by atoms with E-state index < -0.39 is 0 Å². The zero-order chi connectivity index (χ0) is 14.5. The van der Waals surface area contributed by atoms with Crippen molar-refractivity contribution in [3.05, 3.63) is 36.4 Å². The van der Waals surface area contributed by atoms with Gasteiger partial charge < -0.3 is 10.2 Å². The summed E-state index contributed by atoms with van der Waals surface area (Å²) >= 11 is 0. The number of aromatic nitrogens is 4. The average molecular weight is 286 g/mol. The Balaban J connectivity index is 1.56. The van der Waals surface area contributed by atoms with E-state index in [1.807, 2.05) is 23.2 Å². The molecule has 1 aliphatic rings. The Bertz CT molecular complexity index is 591. The van der Waals surface area contributed by atoms with Crippen molar-refractivity contribution in [2.75, 3.05) is 13.1 Å². The molecule has 0 atom stereocenters. The lowest BCUT2D eigenvalue weighted by molar-refractivity contribution is 0.186. The number of nitrogens with zero attached hydrogens (tertiary/aromatic N) is 5. The van der Waals surface area contributed by atoms with Crippen LogP contribution in [0.4, 0.5) is 4.79 Å². The summed E-state index contributed by atoms with van der Waals surface area (Å²) in [5, 5.41) is 11.0. The molecule has 3 rings (SSSR count). The second kappa shape index (κ2) is 6.34. The first-order valence-corrected chi connectivity index (χ1v) is 7.17. The Morgan fingerprint density at radius 1 is 1.19 bits per heavy atom.